The van der Waals surface area contributed by atoms with Gasteiger partial charge in [0.25, 0.3) is 0 Å². The maximum atomic E-state index is 12.1. The van der Waals surface area contributed by atoms with Gasteiger partial charge in [0, 0.05) is 12.1 Å². The van der Waals surface area contributed by atoms with Crippen molar-refractivity contribution in [2.24, 2.45) is 0 Å². The van der Waals surface area contributed by atoms with E-state index >= 15 is 0 Å². The molecule has 1 amide bonds. The SMILES string of the molecule is COc1ccc(CCC(=O)Nc2cccc(C)c2C)cc1C. The maximum absolute atomic E-state index is 12.1. The van der Waals surface area contributed by atoms with E-state index in [1.807, 2.05) is 51.1 Å². The molecule has 0 unspecified atom stereocenters. The predicted molar refractivity (Wildman–Crippen MR) is 90.6 cm³/mol. The molecule has 0 bridgehead atoms. The van der Waals surface area contributed by atoms with Gasteiger partial charge in [0.15, 0.2) is 0 Å². The molecule has 2 aromatic rings. The van der Waals surface area contributed by atoms with Crippen LogP contribution in [-0.4, -0.2) is 13.0 Å². The minimum atomic E-state index is 0.0437. The Morgan fingerprint density at radius 3 is 2.55 bits per heavy atom. The van der Waals surface area contributed by atoms with Crippen LogP contribution in [0.4, 0.5) is 5.69 Å². The van der Waals surface area contributed by atoms with Crippen LogP contribution in [0.5, 0.6) is 5.75 Å². The van der Waals surface area contributed by atoms with E-state index in [-0.39, 0.29) is 5.91 Å². The molecule has 0 spiro atoms. The molecule has 3 nitrogen and oxygen atoms in total. The first-order chi connectivity index (χ1) is 10.5. The largest absolute Gasteiger partial charge is 0.496 e. The van der Waals surface area contributed by atoms with Crippen LogP contribution < -0.4 is 10.1 Å². The van der Waals surface area contributed by atoms with E-state index in [4.69, 9.17) is 4.74 Å². The second-order valence-electron chi connectivity index (χ2n) is 5.60. The normalized spacial score (nSPS) is 10.4. The second kappa shape index (κ2) is 7.12. The summed E-state index contributed by atoms with van der Waals surface area (Å²) in [6.07, 6.45) is 1.20. The van der Waals surface area contributed by atoms with Gasteiger partial charge in [-0.25, -0.2) is 0 Å². The molecule has 0 fully saturated rings. The van der Waals surface area contributed by atoms with Crippen LogP contribution in [0.2, 0.25) is 0 Å². The van der Waals surface area contributed by atoms with E-state index in [1.165, 1.54) is 5.56 Å². The number of benzene rings is 2. The summed E-state index contributed by atoms with van der Waals surface area (Å²) in [7, 11) is 1.67. The van der Waals surface area contributed by atoms with E-state index in [0.29, 0.717) is 6.42 Å². The third kappa shape index (κ3) is 3.88. The average Bonchev–Trinajstić information content (AvgIpc) is 2.50. The molecule has 2 aromatic carbocycles. The summed E-state index contributed by atoms with van der Waals surface area (Å²) in [5.41, 5.74) is 5.44. The zero-order valence-corrected chi connectivity index (χ0v) is 13.7. The van der Waals surface area contributed by atoms with Gasteiger partial charge in [-0.1, -0.05) is 24.3 Å². The molecule has 116 valence electrons. The van der Waals surface area contributed by atoms with Crippen molar-refractivity contribution >= 4 is 11.6 Å². The standard InChI is InChI=1S/C19H23NO2/c1-13-6-5-7-17(15(13)3)20-19(21)11-9-16-8-10-18(22-4)14(2)12-16/h5-8,10,12H,9,11H2,1-4H3,(H,20,21). The molecule has 0 radical (unpaired) electrons. The summed E-state index contributed by atoms with van der Waals surface area (Å²) in [6.45, 7) is 6.08. The number of aryl methyl sites for hydroxylation is 3. The quantitative estimate of drug-likeness (QED) is 0.898. The van der Waals surface area contributed by atoms with Crippen LogP contribution in [-0.2, 0) is 11.2 Å². The third-order valence-corrected chi connectivity index (χ3v) is 3.98. The number of amides is 1. The van der Waals surface area contributed by atoms with Crippen molar-refractivity contribution in [3.05, 3.63) is 58.7 Å². The summed E-state index contributed by atoms with van der Waals surface area (Å²) < 4.78 is 5.25. The van der Waals surface area contributed by atoms with Crippen molar-refractivity contribution in [2.45, 2.75) is 33.6 Å². The molecule has 0 atom stereocenters. The Labute approximate surface area is 132 Å². The average molecular weight is 297 g/mol. The smallest absolute Gasteiger partial charge is 0.224 e. The van der Waals surface area contributed by atoms with Gasteiger partial charge >= 0.3 is 0 Å². The number of anilines is 1. The molecule has 0 saturated carbocycles. The lowest BCUT2D eigenvalue weighted by molar-refractivity contribution is -0.116. The monoisotopic (exact) mass is 297 g/mol. The molecule has 1 N–H and O–H groups in total. The van der Waals surface area contributed by atoms with Crippen molar-refractivity contribution in [2.75, 3.05) is 12.4 Å². The number of nitrogens with one attached hydrogen (secondary N) is 1. The van der Waals surface area contributed by atoms with E-state index in [0.717, 1.165) is 34.5 Å². The van der Waals surface area contributed by atoms with Gasteiger partial charge in [-0.15, -0.1) is 0 Å². The summed E-state index contributed by atoms with van der Waals surface area (Å²) >= 11 is 0. The molecule has 0 saturated heterocycles. The van der Waals surface area contributed by atoms with Gasteiger partial charge in [-0.05, 0) is 61.6 Å². The maximum Gasteiger partial charge on any atom is 0.224 e. The molecule has 0 aliphatic heterocycles. The summed E-state index contributed by atoms with van der Waals surface area (Å²) in [5.74, 6) is 0.922. The molecule has 0 aliphatic rings. The van der Waals surface area contributed by atoms with Crippen molar-refractivity contribution in [1.29, 1.82) is 0 Å². The van der Waals surface area contributed by atoms with E-state index in [1.54, 1.807) is 7.11 Å². The number of ether oxygens (including phenoxy) is 1. The Kier molecular flexibility index (Phi) is 5.21. The topological polar surface area (TPSA) is 38.3 Å². The number of methoxy groups -OCH3 is 1. The highest BCUT2D eigenvalue weighted by Crippen LogP contribution is 2.20. The second-order valence-corrected chi connectivity index (χ2v) is 5.60. The number of hydrogen-bond donors (Lipinski definition) is 1. The molecule has 22 heavy (non-hydrogen) atoms. The van der Waals surface area contributed by atoms with Gasteiger partial charge < -0.3 is 10.1 Å². The van der Waals surface area contributed by atoms with Crippen LogP contribution in [0.3, 0.4) is 0 Å². The minimum absolute atomic E-state index is 0.0437. The lowest BCUT2D eigenvalue weighted by Gasteiger charge is -2.11. The first kappa shape index (κ1) is 16.1. The number of hydrogen-bond acceptors (Lipinski definition) is 2. The molecule has 0 aliphatic carbocycles. The highest BCUT2D eigenvalue weighted by atomic mass is 16.5. The lowest BCUT2D eigenvalue weighted by Crippen LogP contribution is -2.13. The zero-order valence-electron chi connectivity index (χ0n) is 13.7. The van der Waals surface area contributed by atoms with Crippen LogP contribution in [0.25, 0.3) is 0 Å². The highest BCUT2D eigenvalue weighted by Gasteiger charge is 2.07. The molecule has 3 heteroatoms. The zero-order chi connectivity index (χ0) is 16.1. The van der Waals surface area contributed by atoms with Crippen molar-refractivity contribution in [3.63, 3.8) is 0 Å². The molecule has 2 rings (SSSR count). The van der Waals surface area contributed by atoms with E-state index in [2.05, 4.69) is 11.4 Å². The third-order valence-electron chi connectivity index (χ3n) is 3.98. The van der Waals surface area contributed by atoms with Gasteiger partial charge in [-0.2, -0.15) is 0 Å². The van der Waals surface area contributed by atoms with Gasteiger partial charge in [-0.3, -0.25) is 4.79 Å². The fourth-order valence-corrected chi connectivity index (χ4v) is 2.45. The predicted octanol–water partition coefficient (Wildman–Crippen LogP) is 4.19. The fourth-order valence-electron chi connectivity index (χ4n) is 2.45. The number of carbonyl (C=O) groups excluding carboxylic acids is 1. The Bertz CT molecular complexity index is 677. The summed E-state index contributed by atoms with van der Waals surface area (Å²) in [6, 6.07) is 12.0. The molecular formula is C19H23NO2. The van der Waals surface area contributed by atoms with Crippen molar-refractivity contribution in [1.82, 2.24) is 0 Å². The Balaban J connectivity index is 1.95. The highest BCUT2D eigenvalue weighted by molar-refractivity contribution is 5.91. The number of rotatable bonds is 5. The van der Waals surface area contributed by atoms with Crippen LogP contribution in [0.15, 0.2) is 36.4 Å². The Morgan fingerprint density at radius 2 is 1.86 bits per heavy atom. The van der Waals surface area contributed by atoms with Gasteiger partial charge in [0.2, 0.25) is 5.91 Å². The van der Waals surface area contributed by atoms with Crippen LogP contribution >= 0.6 is 0 Å². The van der Waals surface area contributed by atoms with E-state index in [9.17, 15) is 4.79 Å². The van der Waals surface area contributed by atoms with Crippen LogP contribution in [0.1, 0.15) is 28.7 Å². The summed E-state index contributed by atoms with van der Waals surface area (Å²) in [4.78, 5) is 12.1. The summed E-state index contributed by atoms with van der Waals surface area (Å²) in [5, 5.41) is 2.99. The fraction of sp³-hybridized carbons (Fsp3) is 0.316. The first-order valence-electron chi connectivity index (χ1n) is 7.51. The Morgan fingerprint density at radius 1 is 1.09 bits per heavy atom. The minimum Gasteiger partial charge on any atom is -0.496 e. The Hall–Kier alpha value is -2.29. The molecule has 0 aromatic heterocycles. The van der Waals surface area contributed by atoms with Crippen LogP contribution in [0, 0.1) is 20.8 Å². The molecule has 0 heterocycles. The van der Waals surface area contributed by atoms with E-state index < -0.39 is 0 Å². The first-order valence-corrected chi connectivity index (χ1v) is 7.51. The van der Waals surface area contributed by atoms with Crippen molar-refractivity contribution < 1.29 is 9.53 Å². The van der Waals surface area contributed by atoms with Crippen molar-refractivity contribution in [3.8, 4) is 5.75 Å². The van der Waals surface area contributed by atoms with Gasteiger partial charge in [0.1, 0.15) is 5.75 Å². The molecular weight excluding hydrogens is 274 g/mol. The lowest BCUT2D eigenvalue weighted by atomic mass is 10.1. The van der Waals surface area contributed by atoms with Gasteiger partial charge in [0.05, 0.1) is 7.11 Å². The number of carbonyl (C=O) groups is 1.